The predicted octanol–water partition coefficient (Wildman–Crippen LogP) is 5.32. The smallest absolute Gasteiger partial charge is 0.332 e. The summed E-state index contributed by atoms with van der Waals surface area (Å²) in [6.45, 7) is 1.92. The van der Waals surface area contributed by atoms with Crippen LogP contribution in [0.2, 0.25) is 0 Å². The lowest BCUT2D eigenvalue weighted by Crippen LogP contribution is -2.35. The molecule has 5 nitrogen and oxygen atoms in total. The molecular formula is C24H20F3N3O2S. The number of anilines is 2. The molecule has 0 aliphatic rings. The van der Waals surface area contributed by atoms with E-state index >= 15 is 0 Å². The zero-order valence-corrected chi connectivity index (χ0v) is 18.3. The highest BCUT2D eigenvalue weighted by Crippen LogP contribution is 2.30. The van der Waals surface area contributed by atoms with Gasteiger partial charge in [-0.2, -0.15) is 13.2 Å². The number of halogens is 3. The number of carbonyl (C=O) groups is 2. The van der Waals surface area contributed by atoms with Gasteiger partial charge in [0, 0.05) is 16.9 Å². The van der Waals surface area contributed by atoms with Crippen molar-refractivity contribution in [1.29, 1.82) is 0 Å². The van der Waals surface area contributed by atoms with Crippen molar-refractivity contribution in [3.05, 3.63) is 95.1 Å². The van der Waals surface area contributed by atoms with Gasteiger partial charge in [-0.25, -0.2) is 0 Å². The fourth-order valence-electron chi connectivity index (χ4n) is 3.00. The third-order valence-corrected chi connectivity index (χ3v) is 4.92. The Hall–Kier alpha value is -3.72. The predicted molar refractivity (Wildman–Crippen MR) is 125 cm³/mol. The highest BCUT2D eigenvalue weighted by atomic mass is 32.1. The summed E-state index contributed by atoms with van der Waals surface area (Å²) in [5.41, 5.74) is 1.87. The van der Waals surface area contributed by atoms with Crippen LogP contribution < -0.4 is 16.0 Å². The average Bonchev–Trinajstić information content (AvgIpc) is 2.75. The van der Waals surface area contributed by atoms with Crippen LogP contribution in [0.4, 0.5) is 24.5 Å². The van der Waals surface area contributed by atoms with Crippen LogP contribution in [0.5, 0.6) is 0 Å². The van der Waals surface area contributed by atoms with Gasteiger partial charge in [-0.3, -0.25) is 9.59 Å². The van der Waals surface area contributed by atoms with E-state index in [1.165, 1.54) is 24.3 Å². The average molecular weight is 472 g/mol. The van der Waals surface area contributed by atoms with Gasteiger partial charge in [-0.15, -0.1) is 0 Å². The normalized spacial score (nSPS) is 10.9. The number of hydrogen-bond acceptors (Lipinski definition) is 3. The molecule has 3 rings (SSSR count). The molecule has 0 spiro atoms. The first-order chi connectivity index (χ1) is 15.6. The second-order valence-electron chi connectivity index (χ2n) is 7.22. The van der Waals surface area contributed by atoms with E-state index < -0.39 is 17.6 Å². The summed E-state index contributed by atoms with van der Waals surface area (Å²) in [6, 6.07) is 18.1. The van der Waals surface area contributed by atoms with Crippen LogP contribution in [0.25, 0.3) is 0 Å². The molecule has 0 fully saturated rings. The molecule has 33 heavy (non-hydrogen) atoms. The lowest BCUT2D eigenvalue weighted by Gasteiger charge is -2.12. The van der Waals surface area contributed by atoms with E-state index in [2.05, 4.69) is 16.0 Å². The SMILES string of the molecule is Cc1ccccc1CC(=O)NC(=S)Nc1ccc(C(=O)Nc2cccc(C(F)(F)F)c2)cc1. The summed E-state index contributed by atoms with van der Waals surface area (Å²) in [5.74, 6) is -0.825. The van der Waals surface area contributed by atoms with E-state index in [1.807, 2.05) is 31.2 Å². The number of hydrogen-bond donors (Lipinski definition) is 3. The molecule has 3 N–H and O–H groups in total. The van der Waals surface area contributed by atoms with Gasteiger partial charge < -0.3 is 16.0 Å². The highest BCUT2D eigenvalue weighted by molar-refractivity contribution is 7.80. The van der Waals surface area contributed by atoms with E-state index in [4.69, 9.17) is 12.2 Å². The van der Waals surface area contributed by atoms with Crippen LogP contribution >= 0.6 is 12.2 Å². The van der Waals surface area contributed by atoms with E-state index in [9.17, 15) is 22.8 Å². The van der Waals surface area contributed by atoms with Gasteiger partial charge in [-0.05, 0) is 72.7 Å². The van der Waals surface area contributed by atoms with Crippen molar-refractivity contribution in [2.45, 2.75) is 19.5 Å². The minimum atomic E-state index is -4.50. The number of alkyl halides is 3. The Morgan fingerprint density at radius 2 is 1.58 bits per heavy atom. The standard InChI is InChI=1S/C24H20F3N3O2S/c1-15-5-2-3-6-17(15)13-21(31)30-23(33)29-19-11-9-16(10-12-19)22(32)28-20-8-4-7-18(14-20)24(25,26)27/h2-12,14H,13H2,1H3,(H,28,32)(H2,29,30,31,33). The summed E-state index contributed by atoms with van der Waals surface area (Å²) < 4.78 is 38.5. The van der Waals surface area contributed by atoms with Gasteiger partial charge in [-0.1, -0.05) is 30.3 Å². The van der Waals surface area contributed by atoms with Crippen LogP contribution in [-0.4, -0.2) is 16.9 Å². The van der Waals surface area contributed by atoms with Crippen LogP contribution in [-0.2, 0) is 17.4 Å². The van der Waals surface area contributed by atoms with E-state index in [0.29, 0.717) is 5.69 Å². The fraction of sp³-hybridized carbons (Fsp3) is 0.125. The Labute approximate surface area is 194 Å². The second kappa shape index (κ2) is 10.3. The first-order valence-corrected chi connectivity index (χ1v) is 10.3. The Bertz CT molecular complexity index is 1180. The van der Waals surface area contributed by atoms with Gasteiger partial charge in [0.05, 0.1) is 12.0 Å². The number of aryl methyl sites for hydroxylation is 1. The quantitative estimate of drug-likeness (QED) is 0.441. The van der Waals surface area contributed by atoms with Crippen molar-refractivity contribution in [2.75, 3.05) is 10.6 Å². The first kappa shape index (κ1) is 23.9. The first-order valence-electron chi connectivity index (χ1n) is 9.86. The molecule has 0 aromatic heterocycles. The van der Waals surface area contributed by atoms with Crippen molar-refractivity contribution in [2.24, 2.45) is 0 Å². The molecule has 0 aliphatic heterocycles. The van der Waals surface area contributed by atoms with Gasteiger partial charge in [0.15, 0.2) is 5.11 Å². The molecule has 0 saturated carbocycles. The monoisotopic (exact) mass is 471 g/mol. The van der Waals surface area contributed by atoms with E-state index in [1.54, 1.807) is 12.1 Å². The molecule has 0 bridgehead atoms. The minimum Gasteiger partial charge on any atom is -0.332 e. The van der Waals surface area contributed by atoms with Crippen molar-refractivity contribution >= 4 is 40.5 Å². The lowest BCUT2D eigenvalue weighted by atomic mass is 10.1. The minimum absolute atomic E-state index is 0.0366. The summed E-state index contributed by atoms with van der Waals surface area (Å²) in [4.78, 5) is 24.6. The fourth-order valence-corrected chi connectivity index (χ4v) is 3.23. The molecule has 3 aromatic rings. The van der Waals surface area contributed by atoms with E-state index in [0.717, 1.165) is 23.3 Å². The molecule has 9 heteroatoms. The van der Waals surface area contributed by atoms with Gasteiger partial charge in [0.2, 0.25) is 5.91 Å². The Kier molecular flexibility index (Phi) is 7.44. The second-order valence-corrected chi connectivity index (χ2v) is 7.62. The summed E-state index contributed by atoms with van der Waals surface area (Å²) >= 11 is 5.16. The topological polar surface area (TPSA) is 70.2 Å². The third-order valence-electron chi connectivity index (χ3n) is 4.72. The van der Waals surface area contributed by atoms with Crippen molar-refractivity contribution in [3.63, 3.8) is 0 Å². The van der Waals surface area contributed by atoms with Crippen molar-refractivity contribution in [3.8, 4) is 0 Å². The molecule has 0 aliphatic carbocycles. The number of carbonyl (C=O) groups excluding carboxylic acids is 2. The van der Waals surface area contributed by atoms with Gasteiger partial charge in [0.1, 0.15) is 0 Å². The summed E-state index contributed by atoms with van der Waals surface area (Å²) in [6.07, 6.45) is -4.31. The largest absolute Gasteiger partial charge is 0.416 e. The molecule has 2 amide bonds. The third kappa shape index (κ3) is 6.88. The summed E-state index contributed by atoms with van der Waals surface area (Å²) in [7, 11) is 0. The number of rotatable bonds is 5. The van der Waals surface area contributed by atoms with Crippen LogP contribution in [0.15, 0.2) is 72.8 Å². The molecule has 0 heterocycles. The molecule has 0 unspecified atom stereocenters. The molecule has 3 aromatic carbocycles. The maximum absolute atomic E-state index is 12.8. The Morgan fingerprint density at radius 1 is 0.879 bits per heavy atom. The van der Waals surface area contributed by atoms with Crippen LogP contribution in [0.3, 0.4) is 0 Å². The van der Waals surface area contributed by atoms with Crippen LogP contribution in [0.1, 0.15) is 27.0 Å². The van der Waals surface area contributed by atoms with Crippen LogP contribution in [0, 0.1) is 6.92 Å². The number of benzene rings is 3. The lowest BCUT2D eigenvalue weighted by molar-refractivity contribution is -0.137. The molecule has 170 valence electrons. The molecule has 0 saturated heterocycles. The number of thiocarbonyl (C=S) groups is 1. The Morgan fingerprint density at radius 3 is 2.24 bits per heavy atom. The molecule has 0 atom stereocenters. The summed E-state index contributed by atoms with van der Waals surface area (Å²) in [5, 5.41) is 8.01. The van der Waals surface area contributed by atoms with Crippen molar-refractivity contribution in [1.82, 2.24) is 5.32 Å². The zero-order valence-electron chi connectivity index (χ0n) is 17.5. The Balaban J connectivity index is 1.55. The number of amides is 2. The van der Waals surface area contributed by atoms with Crippen molar-refractivity contribution < 1.29 is 22.8 Å². The maximum Gasteiger partial charge on any atom is 0.416 e. The zero-order chi connectivity index (χ0) is 24.0. The van der Waals surface area contributed by atoms with Gasteiger partial charge in [0.25, 0.3) is 5.91 Å². The van der Waals surface area contributed by atoms with E-state index in [-0.39, 0.29) is 28.7 Å². The highest BCUT2D eigenvalue weighted by Gasteiger charge is 2.30. The van der Waals surface area contributed by atoms with Gasteiger partial charge >= 0.3 is 6.18 Å². The number of nitrogens with one attached hydrogen (secondary N) is 3. The molecule has 0 radical (unpaired) electrons. The maximum atomic E-state index is 12.8. The molecular weight excluding hydrogens is 451 g/mol.